The van der Waals surface area contributed by atoms with E-state index in [1.807, 2.05) is 32.2 Å². The molecule has 1 aliphatic heterocycles. The van der Waals surface area contributed by atoms with Crippen molar-refractivity contribution in [2.75, 3.05) is 19.7 Å². The Morgan fingerprint density at radius 2 is 2.05 bits per heavy atom. The number of carbonyl (C=O) groups is 3. The Labute approximate surface area is 231 Å². The number of nitrogens with zero attached hydrogens (tertiary/aromatic N) is 5. The molecule has 0 fully saturated rings. The molecule has 0 spiro atoms. The van der Waals surface area contributed by atoms with Crippen molar-refractivity contribution in [3.8, 4) is 5.75 Å². The molecule has 0 saturated carbocycles. The first kappa shape index (κ1) is 28.2. The third-order valence-electron chi connectivity index (χ3n) is 6.52. The van der Waals surface area contributed by atoms with E-state index in [4.69, 9.17) is 4.74 Å². The number of benzene rings is 1. The van der Waals surface area contributed by atoms with Crippen LogP contribution in [0.25, 0.3) is 0 Å². The fraction of sp³-hybridized carbons (Fsp3) is 0.481. The number of nitrogens with one attached hydrogen (secondary N) is 2. The summed E-state index contributed by atoms with van der Waals surface area (Å²) in [5.74, 6) is -0.187. The van der Waals surface area contributed by atoms with E-state index in [2.05, 4.69) is 25.9 Å². The van der Waals surface area contributed by atoms with Gasteiger partial charge in [-0.15, -0.1) is 16.4 Å². The summed E-state index contributed by atoms with van der Waals surface area (Å²) in [7, 11) is 0. The number of thiazole rings is 1. The molecule has 11 nitrogen and oxygen atoms in total. The predicted octanol–water partition coefficient (Wildman–Crippen LogP) is 2.42. The third-order valence-corrected chi connectivity index (χ3v) is 7.51. The van der Waals surface area contributed by atoms with Crippen molar-refractivity contribution < 1.29 is 19.1 Å². The van der Waals surface area contributed by atoms with E-state index < -0.39 is 6.04 Å². The van der Waals surface area contributed by atoms with Gasteiger partial charge in [-0.2, -0.15) is 0 Å². The van der Waals surface area contributed by atoms with Gasteiger partial charge in [0, 0.05) is 37.4 Å². The minimum Gasteiger partial charge on any atom is -0.493 e. The van der Waals surface area contributed by atoms with Crippen LogP contribution in [0.4, 0.5) is 0 Å². The second-order valence-corrected chi connectivity index (χ2v) is 10.6. The molecule has 1 aromatic carbocycles. The molecular formula is C27H35N7O4S. The van der Waals surface area contributed by atoms with Crippen molar-refractivity contribution in [1.29, 1.82) is 0 Å². The number of hydrogen-bond donors (Lipinski definition) is 2. The predicted molar refractivity (Wildman–Crippen MR) is 146 cm³/mol. The van der Waals surface area contributed by atoms with Crippen molar-refractivity contribution >= 4 is 29.1 Å². The third kappa shape index (κ3) is 7.85. The first-order chi connectivity index (χ1) is 18.8. The van der Waals surface area contributed by atoms with E-state index in [1.54, 1.807) is 39.4 Å². The van der Waals surface area contributed by atoms with E-state index in [1.165, 1.54) is 0 Å². The highest BCUT2D eigenvalue weighted by atomic mass is 32.1. The number of hydrogen-bond acceptors (Lipinski definition) is 8. The zero-order valence-corrected chi connectivity index (χ0v) is 23.4. The van der Waals surface area contributed by atoms with Crippen LogP contribution >= 0.6 is 11.3 Å². The summed E-state index contributed by atoms with van der Waals surface area (Å²) in [5.41, 5.74) is 4.79. The Morgan fingerprint density at radius 1 is 1.21 bits per heavy atom. The molecule has 0 unspecified atom stereocenters. The zero-order valence-electron chi connectivity index (χ0n) is 22.6. The zero-order chi connectivity index (χ0) is 27.8. The molecule has 2 N–H and O–H groups in total. The maximum atomic E-state index is 13.2. The van der Waals surface area contributed by atoms with Crippen LogP contribution in [0.2, 0.25) is 0 Å². The molecule has 2 aromatic heterocycles. The smallest absolute Gasteiger partial charge is 0.255 e. The summed E-state index contributed by atoms with van der Waals surface area (Å²) in [6.45, 7) is 7.62. The van der Waals surface area contributed by atoms with Crippen LogP contribution in [0, 0.1) is 13.8 Å². The van der Waals surface area contributed by atoms with E-state index in [-0.39, 0.29) is 17.7 Å². The molecule has 2 bridgehead atoms. The Hall–Kier alpha value is -3.80. The number of rotatable bonds is 3. The second-order valence-electron chi connectivity index (χ2n) is 9.69. The molecule has 3 amide bonds. The van der Waals surface area contributed by atoms with Crippen molar-refractivity contribution in [2.24, 2.45) is 0 Å². The lowest BCUT2D eigenvalue weighted by Crippen LogP contribution is -2.45. The van der Waals surface area contributed by atoms with Gasteiger partial charge in [0.1, 0.15) is 17.5 Å². The molecule has 39 heavy (non-hydrogen) atoms. The molecule has 0 radical (unpaired) electrons. The second kappa shape index (κ2) is 13.3. The Morgan fingerprint density at radius 3 is 2.85 bits per heavy atom. The Kier molecular flexibility index (Phi) is 9.64. The van der Waals surface area contributed by atoms with E-state index in [0.29, 0.717) is 75.5 Å². The maximum Gasteiger partial charge on any atom is 0.255 e. The lowest BCUT2D eigenvalue weighted by molar-refractivity contribution is -0.131. The number of fused-ring (bicyclic) bond motifs is 3. The Bertz CT molecular complexity index is 1300. The van der Waals surface area contributed by atoms with Gasteiger partial charge < -0.3 is 20.3 Å². The van der Waals surface area contributed by atoms with E-state index in [9.17, 15) is 14.4 Å². The summed E-state index contributed by atoms with van der Waals surface area (Å²) in [5, 5.41) is 14.1. The molecular weight excluding hydrogens is 518 g/mol. The van der Waals surface area contributed by atoms with Crippen LogP contribution in [0.15, 0.2) is 29.9 Å². The van der Waals surface area contributed by atoms with Gasteiger partial charge in [0.2, 0.25) is 11.8 Å². The van der Waals surface area contributed by atoms with Gasteiger partial charge >= 0.3 is 0 Å². The van der Waals surface area contributed by atoms with Crippen molar-refractivity contribution in [3.63, 3.8) is 0 Å². The fourth-order valence-electron chi connectivity index (χ4n) is 4.27. The minimum atomic E-state index is -0.733. The molecule has 1 atom stereocenters. The quantitative estimate of drug-likeness (QED) is 0.509. The molecule has 3 aromatic rings. The average molecular weight is 554 g/mol. The number of amides is 3. The van der Waals surface area contributed by atoms with Crippen LogP contribution in [0.1, 0.15) is 58.4 Å². The SMILES string of the molecule is Cc1ccc2c(c1)OCCCn1cc(nn1)CN(C(=O)CCc1scnc1C)CCCNC(=O)[C@@H](C)NC2=O. The molecule has 0 aliphatic carbocycles. The maximum absolute atomic E-state index is 13.2. The molecule has 4 rings (SSSR count). The lowest BCUT2D eigenvalue weighted by Gasteiger charge is -2.22. The summed E-state index contributed by atoms with van der Waals surface area (Å²) >= 11 is 1.56. The van der Waals surface area contributed by atoms with Crippen LogP contribution in [0.5, 0.6) is 5.75 Å². The molecule has 208 valence electrons. The van der Waals surface area contributed by atoms with Gasteiger partial charge in [0.05, 0.1) is 36.1 Å². The summed E-state index contributed by atoms with van der Waals surface area (Å²) < 4.78 is 7.69. The molecule has 12 heteroatoms. The highest BCUT2D eigenvalue weighted by molar-refractivity contribution is 7.09. The Balaban J connectivity index is 1.46. The van der Waals surface area contributed by atoms with Gasteiger partial charge in [-0.25, -0.2) is 4.98 Å². The summed E-state index contributed by atoms with van der Waals surface area (Å²) in [4.78, 5) is 45.9. The monoisotopic (exact) mass is 553 g/mol. The molecule has 0 saturated heterocycles. The van der Waals surface area contributed by atoms with Crippen LogP contribution in [-0.2, 0) is 29.1 Å². The summed E-state index contributed by atoms with van der Waals surface area (Å²) in [6.07, 6.45) is 4.05. The highest BCUT2D eigenvalue weighted by Crippen LogP contribution is 2.21. The number of aryl methyl sites for hydroxylation is 4. The average Bonchev–Trinajstić information content (AvgIpc) is 3.54. The van der Waals surface area contributed by atoms with Gasteiger partial charge in [-0.3, -0.25) is 19.1 Å². The van der Waals surface area contributed by atoms with E-state index >= 15 is 0 Å². The number of carbonyl (C=O) groups excluding carboxylic acids is 3. The van der Waals surface area contributed by atoms with E-state index in [0.717, 1.165) is 16.1 Å². The van der Waals surface area contributed by atoms with Crippen LogP contribution < -0.4 is 15.4 Å². The standard InChI is InChI=1S/C27H35N7O4S/c1-18-6-7-22-23(14-18)38-13-5-12-34-16-21(31-32-34)15-33(25(35)9-8-24-19(2)29-17-39-24)11-4-10-28-26(36)20(3)30-27(22)37/h6-7,14,16-17,20H,4-5,8-13,15H2,1-3H3,(H,28,36)(H,30,37)/t20-/m1/s1. The normalized spacial score (nSPS) is 17.6. The number of aromatic nitrogens is 4. The number of ether oxygens (including phenoxy) is 1. The van der Waals surface area contributed by atoms with Crippen molar-refractivity contribution in [2.45, 2.75) is 65.6 Å². The highest BCUT2D eigenvalue weighted by Gasteiger charge is 2.21. The van der Waals surface area contributed by atoms with Crippen molar-refractivity contribution in [1.82, 2.24) is 35.5 Å². The molecule has 3 heterocycles. The summed E-state index contributed by atoms with van der Waals surface area (Å²) in [6, 6.07) is 4.63. The van der Waals surface area contributed by atoms with Crippen LogP contribution in [0.3, 0.4) is 0 Å². The minimum absolute atomic E-state index is 0.0108. The van der Waals surface area contributed by atoms with Gasteiger partial charge in [0.25, 0.3) is 5.91 Å². The fourth-order valence-corrected chi connectivity index (χ4v) is 5.05. The van der Waals surface area contributed by atoms with Crippen molar-refractivity contribution in [3.05, 3.63) is 57.3 Å². The van der Waals surface area contributed by atoms with Gasteiger partial charge in [0.15, 0.2) is 0 Å². The van der Waals surface area contributed by atoms with Crippen LogP contribution in [-0.4, -0.2) is 68.3 Å². The largest absolute Gasteiger partial charge is 0.493 e. The van der Waals surface area contributed by atoms with Gasteiger partial charge in [-0.1, -0.05) is 11.3 Å². The van der Waals surface area contributed by atoms with Gasteiger partial charge in [-0.05, 0) is 51.3 Å². The first-order valence-corrected chi connectivity index (χ1v) is 14.1. The first-order valence-electron chi connectivity index (χ1n) is 13.2. The topological polar surface area (TPSA) is 131 Å². The lowest BCUT2D eigenvalue weighted by atomic mass is 10.1. The molecule has 1 aliphatic rings.